The van der Waals surface area contributed by atoms with Crippen molar-refractivity contribution in [1.82, 2.24) is 80.7 Å². The number of carboxylic acid groups (broad SMARTS) is 1. The summed E-state index contributed by atoms with van der Waals surface area (Å²) in [6, 6.07) is 25.0. The van der Waals surface area contributed by atoms with Crippen molar-refractivity contribution in [3.8, 4) is 56.3 Å². The van der Waals surface area contributed by atoms with Crippen LogP contribution in [0.4, 0.5) is 24.0 Å². The number of benzene rings is 6. The topological polar surface area (TPSA) is 433 Å². The highest BCUT2D eigenvalue weighted by atomic mass is 16.6. The van der Waals surface area contributed by atoms with Crippen LogP contribution in [0.3, 0.4) is 0 Å². The van der Waals surface area contributed by atoms with Gasteiger partial charge in [-0.15, -0.1) is 0 Å². The third-order valence-corrected chi connectivity index (χ3v) is 25.7. The number of nitrogens with one attached hydrogen (secondary N) is 8. The van der Waals surface area contributed by atoms with Gasteiger partial charge in [0.05, 0.1) is 112 Å². The highest BCUT2D eigenvalue weighted by molar-refractivity contribution is 6.08. The summed E-state index contributed by atoms with van der Waals surface area (Å²) in [6.45, 7) is 27.3. The molecule has 3 unspecified atom stereocenters. The number of fused-ring (bicyclic) bond motifs is 12. The number of hydrogen-bond acceptors (Lipinski definition) is 22. The Morgan fingerprint density at radius 1 is 0.462 bits per heavy atom. The van der Waals surface area contributed by atoms with Gasteiger partial charge in [0.15, 0.2) is 0 Å². The summed E-state index contributed by atoms with van der Waals surface area (Å²) in [7, 11) is 8.40. The second kappa shape index (κ2) is 40.0. The fourth-order valence-electron chi connectivity index (χ4n) is 19.0. The molecule has 16 rings (SSSR count). The summed E-state index contributed by atoms with van der Waals surface area (Å²) < 4.78 is 48.3. The van der Waals surface area contributed by atoms with E-state index in [1.54, 1.807) is 44.1 Å². The molecule has 9 N–H and O–H groups in total. The van der Waals surface area contributed by atoms with E-state index >= 15 is 0 Å². The van der Waals surface area contributed by atoms with E-state index in [2.05, 4.69) is 119 Å². The van der Waals surface area contributed by atoms with Crippen LogP contribution in [0.2, 0.25) is 0 Å². The number of amides is 8. The number of aromatic nitrogens is 8. The molecule has 0 radical (unpaired) electrons. The van der Waals surface area contributed by atoms with E-state index < -0.39 is 60.1 Å². The molecule has 6 aromatic carbocycles. The van der Waals surface area contributed by atoms with E-state index in [1.807, 2.05) is 104 Å². The van der Waals surface area contributed by atoms with Crippen LogP contribution >= 0.6 is 0 Å². The molecule has 0 aliphatic carbocycles. The lowest BCUT2D eigenvalue weighted by molar-refractivity contribution is -0.140. The highest BCUT2D eigenvalue weighted by Crippen LogP contribution is 2.48. The van der Waals surface area contributed by atoms with Crippen LogP contribution in [0.1, 0.15) is 187 Å². The Labute approximate surface area is 765 Å². The molecule has 4 aromatic heterocycles. The van der Waals surface area contributed by atoms with Gasteiger partial charge >= 0.3 is 36.4 Å². The lowest BCUT2D eigenvalue weighted by Crippen LogP contribution is -2.52. The molecule has 6 aliphatic heterocycles. The van der Waals surface area contributed by atoms with Crippen molar-refractivity contribution in [1.29, 1.82) is 0 Å². The number of imidazole rings is 4. The van der Waals surface area contributed by atoms with E-state index in [9.17, 15) is 43.2 Å². The number of aliphatic carboxylic acids is 1. The zero-order valence-corrected chi connectivity index (χ0v) is 78.3. The predicted octanol–water partition coefficient (Wildman–Crippen LogP) is 15.5. The maximum Gasteiger partial charge on any atom is 0.410 e. The van der Waals surface area contributed by atoms with Crippen LogP contribution in [0.25, 0.3) is 88.4 Å². The molecular weight excluding hydrogens is 1690 g/mol. The summed E-state index contributed by atoms with van der Waals surface area (Å²) in [4.78, 5) is 154. The Morgan fingerprint density at radius 3 is 1.23 bits per heavy atom. The number of carbonyl (C=O) groups excluding carboxylic acids is 8. The van der Waals surface area contributed by atoms with Crippen molar-refractivity contribution < 1.29 is 90.9 Å². The van der Waals surface area contributed by atoms with Gasteiger partial charge in [-0.1, -0.05) is 91.8 Å². The van der Waals surface area contributed by atoms with E-state index in [4.69, 9.17) is 62.9 Å². The smallest absolute Gasteiger partial charge is 0.410 e. The molecule has 0 saturated carbocycles. The minimum Gasteiger partial charge on any atom is -0.488 e. The third kappa shape index (κ3) is 20.1. The molecule has 4 fully saturated rings. The first kappa shape index (κ1) is 95.0. The molecule has 10 aromatic rings. The number of ether oxygens (including phenoxy) is 9. The number of carbonyl (C=O) groups is 9. The molecule has 35 nitrogen and oxygen atoms in total. The summed E-state index contributed by atoms with van der Waals surface area (Å²) in [5.41, 5.74) is 12.6. The molecule has 6 aliphatic rings. The zero-order chi connectivity index (χ0) is 94.7. The Morgan fingerprint density at radius 2 is 0.848 bits per heavy atom. The van der Waals surface area contributed by atoms with Crippen molar-refractivity contribution >= 4 is 97.8 Å². The van der Waals surface area contributed by atoms with Gasteiger partial charge in [-0.2, -0.15) is 0 Å². The SMILES string of the molecule is COC(=O)NC(C(=O)O)C(C)C.COC[C@H]1CC(c2ncc(-c3ccc4c(c3)COc3cc5c(ccc6[nH]c([C@@H]7CC[C@H](C)N7C(=O)[C@@H](NC(=O)OC)C(C)C)nc65)cc3-4)[nH]2)N(C(=O)OC(C)(C)C)C1.COC[C@H]1CC(c2ncc(-c3ccc4c(c3)COc3cc5c(ccc6[nH]c([C@@H]7CC[C@H](C)N7C(=O)[C@@H](NC(=O)OC)C(C)C)nc65)cc3-4)[nH]2)N(C(=O)[C@@H](NC(=O)OC)C(C)C)C1. The molecule has 704 valence electrons. The maximum absolute atomic E-state index is 14.0. The Kier molecular flexibility index (Phi) is 28.8. The zero-order valence-electron chi connectivity index (χ0n) is 78.3. The van der Waals surface area contributed by atoms with Gasteiger partial charge in [0.2, 0.25) is 17.7 Å². The van der Waals surface area contributed by atoms with Crippen LogP contribution in [0, 0.1) is 35.5 Å². The minimum atomic E-state index is -1.06. The van der Waals surface area contributed by atoms with Gasteiger partial charge < -0.3 is 104 Å². The molecule has 4 saturated heterocycles. The van der Waals surface area contributed by atoms with Crippen molar-refractivity contribution in [2.24, 2.45) is 35.5 Å². The van der Waals surface area contributed by atoms with Gasteiger partial charge in [-0.25, -0.2) is 48.7 Å². The predicted molar refractivity (Wildman–Crippen MR) is 493 cm³/mol. The Hall–Kier alpha value is -13.1. The second-order valence-electron chi connectivity index (χ2n) is 37.4. The number of rotatable bonds is 22. The number of alkyl carbamates (subject to hydrolysis) is 4. The summed E-state index contributed by atoms with van der Waals surface area (Å²) >= 11 is 0. The van der Waals surface area contributed by atoms with Gasteiger partial charge in [0.25, 0.3) is 0 Å². The minimum absolute atomic E-state index is 0.0184. The van der Waals surface area contributed by atoms with Crippen molar-refractivity contribution in [2.75, 3.05) is 69.0 Å². The van der Waals surface area contributed by atoms with Crippen LogP contribution < -0.4 is 30.7 Å². The fraction of sp³-hybridized carbons (Fsp3) is 0.495. The average Bonchev–Trinajstić information content (AvgIpc) is 1.45. The lowest BCUT2D eigenvalue weighted by atomic mass is 9.92. The quantitative estimate of drug-likeness (QED) is 0.0285. The molecule has 10 heterocycles. The van der Waals surface area contributed by atoms with Crippen LogP contribution in [-0.2, 0) is 65.5 Å². The first-order valence-corrected chi connectivity index (χ1v) is 45.1. The molecule has 12 atom stereocenters. The largest absolute Gasteiger partial charge is 0.488 e. The second-order valence-corrected chi connectivity index (χ2v) is 37.4. The van der Waals surface area contributed by atoms with Crippen molar-refractivity contribution in [2.45, 2.75) is 208 Å². The standard InChI is InChI=1S/C46H56N8O8.C44H53N7O7.C7H13NO4/c1-23(2)38(51-45(57)60-7)43(55)53-20-26(21-59-6)15-36(53)41-47-19-34(49-41)28-10-12-30-29(16-28)22-62-37-18-31-27(17-32(30)37)11-13-33-40(31)50-42(48-33)35-14-9-25(5)54(35)44(56)39(24(3)4)52-46(58)61-8;1-23(2)37(49-42(53)56-8)41(52)51-24(3)9-14-34(51)40-46-32-13-11-26-17-31-29-12-10-27(16-28(29)22-57-36(31)18-30(26)38(32)48-40)33-19-45-39(47-33)35-15-25(21-55-7)20-50(35)43(54)58-44(4,5)6;1-4(2)5(6(9)10)8-7(11)12-3/h10-13,16-19,23-26,35-36,38-39H,9,14-15,20-22H2,1-8H3,(H,47,49)(H,48,50)(H,51,57)(H,52,58);10-13,16-19,23-25,34-35,37H,9,14-15,20-22H2,1-8H3,(H,45,47)(H,46,48)(H,49,53);4-5H,1-3H3,(H,8,11)(H,9,10)/t25-,26-,35-,36?,38-,39-;24-,25-,34-,35?,37-;/m00./s1. The summed E-state index contributed by atoms with van der Waals surface area (Å²) in [5.74, 6) is 2.50. The third-order valence-electron chi connectivity index (χ3n) is 25.7. The van der Waals surface area contributed by atoms with Gasteiger partial charge in [-0.05, 0) is 189 Å². The van der Waals surface area contributed by atoms with Crippen LogP contribution in [0.5, 0.6) is 11.5 Å². The fourth-order valence-corrected chi connectivity index (χ4v) is 19.0. The summed E-state index contributed by atoms with van der Waals surface area (Å²) in [6.07, 6.45) is 5.15. The normalized spacial score (nSPS) is 20.0. The number of nitrogens with zero attached hydrogens (tertiary/aromatic N) is 8. The van der Waals surface area contributed by atoms with E-state index in [0.717, 1.165) is 155 Å². The van der Waals surface area contributed by atoms with E-state index in [1.165, 1.54) is 28.4 Å². The number of hydrogen-bond donors (Lipinski definition) is 9. The molecule has 0 bridgehead atoms. The molecule has 0 spiro atoms. The number of likely N-dealkylation sites (tertiary alicyclic amines) is 4. The molecule has 132 heavy (non-hydrogen) atoms. The summed E-state index contributed by atoms with van der Waals surface area (Å²) in [5, 5.41) is 23.0. The van der Waals surface area contributed by atoms with Gasteiger partial charge in [0.1, 0.15) is 77.8 Å². The number of carboxylic acids is 1. The van der Waals surface area contributed by atoms with Gasteiger partial charge in [0, 0.05) is 73.1 Å². The van der Waals surface area contributed by atoms with Crippen molar-refractivity contribution in [3.63, 3.8) is 0 Å². The number of H-pyrrole nitrogens is 4. The lowest BCUT2D eigenvalue weighted by Gasteiger charge is -2.32. The Bertz CT molecular complexity index is 5970. The monoisotopic (exact) mass is 1810 g/mol. The first-order chi connectivity index (χ1) is 63.0. The van der Waals surface area contributed by atoms with E-state index in [-0.39, 0.29) is 95.6 Å². The number of methoxy groups -OCH3 is 6. The van der Waals surface area contributed by atoms with E-state index in [0.29, 0.717) is 57.6 Å². The highest BCUT2D eigenvalue weighted by Gasteiger charge is 2.47. The Balaban J connectivity index is 0.000000189. The first-order valence-electron chi connectivity index (χ1n) is 45.1. The molecule has 8 amide bonds. The molecular formula is C97H122N16O19. The van der Waals surface area contributed by atoms with Crippen molar-refractivity contribution in [3.05, 3.63) is 132 Å². The van der Waals surface area contributed by atoms with Crippen LogP contribution in [-0.4, -0.2) is 230 Å². The average molecular weight is 1820 g/mol. The van der Waals surface area contributed by atoms with Gasteiger partial charge in [-0.3, -0.25) is 19.3 Å². The van der Waals surface area contributed by atoms with Crippen LogP contribution in [0.15, 0.2) is 97.3 Å². The maximum atomic E-state index is 14.0. The molecule has 35 heteroatoms. The number of aromatic amines is 4.